The maximum absolute atomic E-state index is 12.6. The molecule has 6 aliphatic heterocycles. The van der Waals surface area contributed by atoms with Gasteiger partial charge in [0, 0.05) is 92.7 Å². The van der Waals surface area contributed by atoms with Crippen LogP contribution < -0.4 is 14.7 Å². The second kappa shape index (κ2) is 26.2. The van der Waals surface area contributed by atoms with Gasteiger partial charge in [-0.15, -0.1) is 0 Å². The van der Waals surface area contributed by atoms with Gasteiger partial charge in [0.15, 0.2) is 0 Å². The molecule has 15 nitrogen and oxygen atoms in total. The van der Waals surface area contributed by atoms with Gasteiger partial charge in [-0.2, -0.15) is 0 Å². The van der Waals surface area contributed by atoms with Gasteiger partial charge in [-0.1, -0.05) is 128 Å². The molecule has 9 aliphatic rings. The summed E-state index contributed by atoms with van der Waals surface area (Å²) in [6, 6.07) is 21.4. The van der Waals surface area contributed by atoms with E-state index in [2.05, 4.69) is 84.1 Å². The summed E-state index contributed by atoms with van der Waals surface area (Å²) < 4.78 is 1.28. The van der Waals surface area contributed by atoms with Crippen molar-refractivity contribution < 1.29 is 44.1 Å². The third kappa shape index (κ3) is 12.8. The number of hydrogen-bond donors (Lipinski definition) is 3. The fourth-order valence-corrected chi connectivity index (χ4v) is 17.5. The first-order valence-corrected chi connectivity index (χ1v) is 32.4. The Morgan fingerprint density at radius 3 is 1.41 bits per heavy atom. The maximum Gasteiger partial charge on any atom is 0.305 e. The van der Waals surface area contributed by atoms with Crippen LogP contribution in [0.4, 0.5) is 17.1 Å². The van der Waals surface area contributed by atoms with Crippen LogP contribution in [0.3, 0.4) is 0 Å². The first kappa shape index (κ1) is 60.3. The minimum absolute atomic E-state index is 0.102. The Morgan fingerprint density at radius 1 is 0.530 bits per heavy atom. The zero-order valence-corrected chi connectivity index (χ0v) is 51.6. The van der Waals surface area contributed by atoms with Crippen LogP contribution in [0.2, 0.25) is 0 Å². The van der Waals surface area contributed by atoms with Crippen LogP contribution in [-0.2, 0) is 28.8 Å². The lowest BCUT2D eigenvalue weighted by Gasteiger charge is -2.26. The number of rotatable bonds is 16. The van der Waals surface area contributed by atoms with Crippen LogP contribution >= 0.6 is 71.9 Å². The summed E-state index contributed by atoms with van der Waals surface area (Å²) in [6.45, 7) is 6.95. The number of fused-ring (bicyclic) bond motifs is 9. The third-order valence-corrected chi connectivity index (χ3v) is 21.4. The summed E-state index contributed by atoms with van der Waals surface area (Å²) in [5.74, 6) is -1.58. The highest BCUT2D eigenvalue weighted by molar-refractivity contribution is 8.27. The lowest BCUT2D eigenvalue weighted by molar-refractivity contribution is -0.138. The van der Waals surface area contributed by atoms with Crippen molar-refractivity contribution in [2.24, 2.45) is 0 Å². The molecule has 0 bridgehead atoms. The Hall–Kier alpha value is -5.84. The number of benzene rings is 3. The molecule has 3 aromatic rings. The predicted molar refractivity (Wildman–Crippen MR) is 345 cm³/mol. The van der Waals surface area contributed by atoms with Crippen LogP contribution in [0.5, 0.6) is 0 Å². The van der Waals surface area contributed by atoms with Gasteiger partial charge < -0.3 is 30.0 Å². The van der Waals surface area contributed by atoms with Gasteiger partial charge in [0.05, 0.1) is 34.0 Å². The molecule has 3 saturated heterocycles. The number of carbonyl (C=O) groups excluding carboxylic acids is 3. The standard InChI is InChI=1S/C22H24N2O3S2.C21H24N2O3S2.C19H20N2O3S2/c1-2-23-17-7-4-6-15(17)16-13-14(9-10-18(16)23)5-3-8-19-21(27)24(22(28)29-19)12-11-20(25)26;1-2-9-22-16-5-3-4-14(16)15-11-13(6-7-17(15)22)12-18-20(26)23(21(27)28-18)10-8-19(24)25;1-20-14-4-2-3-12(14)13-9-11(5-6-15(13)20)10-16-18(24)21(19(25)26-16)8-7-17(22)23/h3,5,8-10,13,15,17H,2,4,6-7,11-12H2,1H3,(H,25,26);6-7,11-12,14,16H,2-5,8-10H2,1H3,(H,24,25);5-6,9-10,12,14H,2-4,7-8H2,1H3,(H,22,23)/b5-3+,19-8+;18-12+;16-10+. The molecule has 0 radical (unpaired) electrons. The van der Waals surface area contributed by atoms with Crippen molar-refractivity contribution in [3.8, 4) is 0 Å². The number of anilines is 3. The Morgan fingerprint density at radius 2 is 0.928 bits per heavy atom. The van der Waals surface area contributed by atoms with Gasteiger partial charge in [0.1, 0.15) is 13.0 Å². The van der Waals surface area contributed by atoms with Crippen LogP contribution in [0.15, 0.2) is 81.5 Å². The number of carboxylic acids is 3. The Balaban J connectivity index is 0.000000139. The average Bonchev–Trinajstić information content (AvgIpc) is 2.22. The highest BCUT2D eigenvalue weighted by Crippen LogP contribution is 2.52. The molecule has 3 aromatic carbocycles. The lowest BCUT2D eigenvalue weighted by Crippen LogP contribution is -2.31. The SMILES string of the molecule is CCCN1c2ccc(/C=C3/SC(=S)N(CCC(=O)O)C3=O)cc2C2CCCC21.CCN1c2ccc(/C=C/C=C3/SC(=S)N(CCC(=O)O)C3=O)cc2C2CCCC21.CN1c2ccc(/C=C3/SC(=S)N(CCC(=O)O)C3=O)cc2C2CCCC21. The third-order valence-electron chi connectivity index (χ3n) is 17.3. The van der Waals surface area contributed by atoms with Gasteiger partial charge in [-0.25, -0.2) is 0 Å². The number of allylic oxidation sites excluding steroid dienone is 2. The number of carbonyl (C=O) groups is 6. The molecule has 3 aliphatic carbocycles. The molecule has 3 saturated carbocycles. The molecule has 21 heteroatoms. The fraction of sp³-hybridized carbons (Fsp3) is 0.435. The van der Waals surface area contributed by atoms with Crippen molar-refractivity contribution in [3.63, 3.8) is 0 Å². The molecule has 3 N–H and O–H groups in total. The summed E-state index contributed by atoms with van der Waals surface area (Å²) in [4.78, 5) is 83.3. The van der Waals surface area contributed by atoms with E-state index in [1.54, 1.807) is 6.08 Å². The van der Waals surface area contributed by atoms with Gasteiger partial charge >= 0.3 is 17.9 Å². The number of likely N-dealkylation sites (N-methyl/N-ethyl adjacent to an activating group) is 2. The molecule has 6 fully saturated rings. The van der Waals surface area contributed by atoms with Crippen LogP contribution in [0.1, 0.15) is 148 Å². The van der Waals surface area contributed by atoms with Crippen molar-refractivity contribution in [1.29, 1.82) is 0 Å². The van der Waals surface area contributed by atoms with E-state index in [1.807, 2.05) is 30.4 Å². The van der Waals surface area contributed by atoms with Crippen molar-refractivity contribution in [2.45, 2.75) is 133 Å². The Bertz CT molecular complexity index is 3310. The highest BCUT2D eigenvalue weighted by atomic mass is 32.2. The maximum atomic E-state index is 12.6. The molecule has 12 rings (SSSR count). The summed E-state index contributed by atoms with van der Waals surface area (Å²) in [7, 11) is 2.17. The molecule has 6 unspecified atom stereocenters. The van der Waals surface area contributed by atoms with Gasteiger partial charge in [-0.3, -0.25) is 43.5 Å². The topological polar surface area (TPSA) is 183 Å². The number of amides is 3. The van der Waals surface area contributed by atoms with Gasteiger partial charge in [0.2, 0.25) is 0 Å². The van der Waals surface area contributed by atoms with Crippen molar-refractivity contribution in [2.75, 3.05) is 54.5 Å². The summed E-state index contributed by atoms with van der Waals surface area (Å²) in [5, 5.41) is 26.5. The molecular formula is C62H68N6O9S6. The summed E-state index contributed by atoms with van der Waals surface area (Å²) >= 11 is 19.5. The summed E-state index contributed by atoms with van der Waals surface area (Å²) in [6.07, 6.45) is 21.6. The first-order valence-electron chi connectivity index (χ1n) is 28.7. The number of thiocarbonyl (C=S) groups is 3. The second-order valence-corrected chi connectivity index (χ2v) is 27.2. The van der Waals surface area contributed by atoms with E-state index in [1.165, 1.54) is 142 Å². The lowest BCUT2D eigenvalue weighted by atomic mass is 9.96. The quantitative estimate of drug-likeness (QED) is 0.0908. The molecule has 6 heterocycles. The van der Waals surface area contributed by atoms with Crippen molar-refractivity contribution >= 4 is 156 Å². The largest absolute Gasteiger partial charge is 0.481 e. The Labute approximate surface area is 513 Å². The summed E-state index contributed by atoms with van der Waals surface area (Å²) in [5.41, 5.74) is 11.4. The molecular weight excluding hydrogens is 1170 g/mol. The van der Waals surface area contributed by atoms with E-state index < -0.39 is 17.9 Å². The van der Waals surface area contributed by atoms with Crippen molar-refractivity contribution in [3.05, 3.63) is 115 Å². The molecule has 3 amide bonds. The van der Waals surface area contributed by atoms with E-state index in [0.29, 0.717) is 63.6 Å². The van der Waals surface area contributed by atoms with E-state index >= 15 is 0 Å². The van der Waals surface area contributed by atoms with Crippen molar-refractivity contribution in [1.82, 2.24) is 14.7 Å². The molecule has 83 heavy (non-hydrogen) atoms. The van der Waals surface area contributed by atoms with Crippen LogP contribution in [0, 0.1) is 0 Å². The minimum atomic E-state index is -0.939. The average molecular weight is 1230 g/mol. The van der Waals surface area contributed by atoms with E-state index in [9.17, 15) is 28.8 Å². The minimum Gasteiger partial charge on any atom is -0.481 e. The predicted octanol–water partition coefficient (Wildman–Crippen LogP) is 12.1. The van der Waals surface area contributed by atoms with Crippen LogP contribution in [0.25, 0.3) is 18.2 Å². The molecule has 0 aromatic heterocycles. The second-order valence-electron chi connectivity index (χ2n) is 22.2. The molecule has 6 atom stereocenters. The smallest absolute Gasteiger partial charge is 0.305 e. The Kier molecular flexibility index (Phi) is 19.0. The number of hydrogen-bond acceptors (Lipinski definition) is 15. The zero-order valence-electron chi connectivity index (χ0n) is 46.7. The zero-order chi connectivity index (χ0) is 58.8. The normalized spacial score (nSPS) is 25.2. The number of carboxylic acid groups (broad SMARTS) is 3. The molecule has 436 valence electrons. The number of aliphatic carboxylic acids is 3. The van der Waals surface area contributed by atoms with Crippen LogP contribution in [-0.4, -0.2) is 137 Å². The monoisotopic (exact) mass is 1230 g/mol. The van der Waals surface area contributed by atoms with E-state index in [0.717, 1.165) is 36.2 Å². The highest BCUT2D eigenvalue weighted by Gasteiger charge is 2.43. The van der Waals surface area contributed by atoms with Gasteiger partial charge in [0.25, 0.3) is 17.7 Å². The number of thioether (sulfide) groups is 3. The molecule has 0 spiro atoms. The number of nitrogens with zero attached hydrogens (tertiary/aromatic N) is 6. The first-order chi connectivity index (χ1) is 39.9. The van der Waals surface area contributed by atoms with Gasteiger partial charge in [-0.05, 0) is 140 Å². The fourth-order valence-electron chi connectivity index (χ4n) is 13.6. The van der Waals surface area contributed by atoms with E-state index in [4.69, 9.17) is 52.0 Å². The van der Waals surface area contributed by atoms with E-state index in [-0.39, 0.29) is 56.6 Å².